The Hall–Kier alpha value is -1.82. The van der Waals surface area contributed by atoms with E-state index >= 15 is 0 Å². The van der Waals surface area contributed by atoms with Gasteiger partial charge in [0.1, 0.15) is 13.5 Å². The lowest BCUT2D eigenvalue weighted by Crippen LogP contribution is -2.33. The summed E-state index contributed by atoms with van der Waals surface area (Å²) < 4.78 is 0. The average Bonchev–Trinajstić information content (AvgIpc) is 2.19. The molecule has 1 heterocycles. The van der Waals surface area contributed by atoms with Gasteiger partial charge in [-0.3, -0.25) is 10.1 Å². The molecule has 1 aliphatic rings. The molecule has 0 fully saturated rings. The fourth-order valence-corrected chi connectivity index (χ4v) is 1.90. The van der Waals surface area contributed by atoms with Crippen LogP contribution in [-0.4, -0.2) is 18.8 Å². The van der Waals surface area contributed by atoms with Crippen LogP contribution in [0.25, 0.3) is 0 Å². The number of rotatable bonds is 1. The molecule has 0 bridgehead atoms. The van der Waals surface area contributed by atoms with E-state index in [1.165, 1.54) is 0 Å². The van der Waals surface area contributed by atoms with Gasteiger partial charge >= 0.3 is 0 Å². The standard InChI is InChI=1S/C10H12BN3O2/c1-5-8(12)3-6-2-7(11)4-9(14(15)16)10(6)13-5/h2,4,8,13H,1,3,11-12H2. The van der Waals surface area contributed by atoms with E-state index in [0.717, 1.165) is 11.0 Å². The summed E-state index contributed by atoms with van der Waals surface area (Å²) in [5.41, 5.74) is 8.83. The molecule has 0 aliphatic carbocycles. The Labute approximate surface area is 93.9 Å². The first-order valence-corrected chi connectivity index (χ1v) is 4.98. The Bertz CT molecular complexity index is 487. The van der Waals surface area contributed by atoms with Gasteiger partial charge in [-0.2, -0.15) is 0 Å². The molecule has 1 unspecified atom stereocenters. The van der Waals surface area contributed by atoms with Crippen molar-refractivity contribution in [1.29, 1.82) is 0 Å². The van der Waals surface area contributed by atoms with Gasteiger partial charge in [0.2, 0.25) is 0 Å². The third-order valence-electron chi connectivity index (χ3n) is 2.71. The van der Waals surface area contributed by atoms with Gasteiger partial charge in [-0.1, -0.05) is 18.1 Å². The SMILES string of the molecule is Bc1cc2c(c([N+](=O)[O-])c1)NC(=C)C(N)C2. The van der Waals surface area contributed by atoms with Crippen LogP contribution in [-0.2, 0) is 6.42 Å². The van der Waals surface area contributed by atoms with Gasteiger partial charge in [0.05, 0.1) is 4.92 Å². The van der Waals surface area contributed by atoms with Crippen molar-refractivity contribution in [1.82, 2.24) is 0 Å². The summed E-state index contributed by atoms with van der Waals surface area (Å²) in [6.45, 7) is 3.76. The van der Waals surface area contributed by atoms with Crippen LogP contribution in [0, 0.1) is 10.1 Å². The van der Waals surface area contributed by atoms with Crippen LogP contribution in [0.15, 0.2) is 24.4 Å². The van der Waals surface area contributed by atoms with E-state index in [1.54, 1.807) is 6.07 Å². The van der Waals surface area contributed by atoms with Gasteiger partial charge in [-0.05, 0) is 12.0 Å². The summed E-state index contributed by atoms with van der Waals surface area (Å²) in [7, 11) is 1.84. The number of fused-ring (bicyclic) bond motifs is 1. The molecule has 6 heteroatoms. The molecule has 0 aromatic heterocycles. The first kappa shape index (κ1) is 10.7. The molecule has 0 saturated carbocycles. The molecule has 0 amide bonds. The lowest BCUT2D eigenvalue weighted by atomic mass is 9.88. The van der Waals surface area contributed by atoms with E-state index in [2.05, 4.69) is 11.9 Å². The Morgan fingerprint density at radius 3 is 2.94 bits per heavy atom. The van der Waals surface area contributed by atoms with Crippen LogP contribution < -0.4 is 16.5 Å². The third-order valence-corrected chi connectivity index (χ3v) is 2.71. The fourth-order valence-electron chi connectivity index (χ4n) is 1.90. The topological polar surface area (TPSA) is 81.2 Å². The number of nitro groups is 1. The molecule has 5 nitrogen and oxygen atoms in total. The van der Waals surface area contributed by atoms with Crippen molar-refractivity contribution in [2.45, 2.75) is 12.5 Å². The lowest BCUT2D eigenvalue weighted by Gasteiger charge is -2.25. The second-order valence-electron chi connectivity index (χ2n) is 4.04. The van der Waals surface area contributed by atoms with Gasteiger partial charge in [0, 0.05) is 17.8 Å². The van der Waals surface area contributed by atoms with Gasteiger partial charge < -0.3 is 11.1 Å². The molecule has 3 N–H and O–H groups in total. The molecule has 16 heavy (non-hydrogen) atoms. The highest BCUT2D eigenvalue weighted by Crippen LogP contribution is 2.32. The first-order valence-electron chi connectivity index (χ1n) is 4.98. The molecule has 1 aliphatic heterocycles. The number of hydrogen-bond acceptors (Lipinski definition) is 4. The van der Waals surface area contributed by atoms with E-state index in [9.17, 15) is 10.1 Å². The maximum atomic E-state index is 10.9. The zero-order chi connectivity index (χ0) is 11.9. The predicted octanol–water partition coefficient (Wildman–Crippen LogP) is -0.338. The summed E-state index contributed by atoms with van der Waals surface area (Å²) >= 11 is 0. The molecule has 2 rings (SSSR count). The molecule has 1 aromatic rings. The van der Waals surface area contributed by atoms with Crippen molar-refractivity contribution < 1.29 is 4.92 Å². The maximum absolute atomic E-state index is 10.9. The number of anilines is 1. The molecular formula is C10H12BN3O2. The first-order chi connectivity index (χ1) is 7.49. The van der Waals surface area contributed by atoms with Gasteiger partial charge in [0.15, 0.2) is 0 Å². The summed E-state index contributed by atoms with van der Waals surface area (Å²) in [5.74, 6) is 0. The minimum Gasteiger partial charge on any atom is -0.352 e. The summed E-state index contributed by atoms with van der Waals surface area (Å²) in [5, 5.41) is 13.8. The predicted molar refractivity (Wildman–Crippen MR) is 65.7 cm³/mol. The van der Waals surface area contributed by atoms with Crippen molar-refractivity contribution in [2.24, 2.45) is 5.73 Å². The van der Waals surface area contributed by atoms with E-state index in [1.807, 2.05) is 13.9 Å². The van der Waals surface area contributed by atoms with Crippen LogP contribution >= 0.6 is 0 Å². The van der Waals surface area contributed by atoms with Crippen LogP contribution in [0.1, 0.15) is 5.56 Å². The monoisotopic (exact) mass is 217 g/mol. The number of nitro benzene ring substituents is 1. The number of nitrogens with two attached hydrogens (primary N) is 1. The minimum absolute atomic E-state index is 0.0862. The van der Waals surface area contributed by atoms with E-state index in [-0.39, 0.29) is 16.7 Å². The Balaban J connectivity index is 2.59. The average molecular weight is 217 g/mol. The van der Waals surface area contributed by atoms with E-state index in [4.69, 9.17) is 5.73 Å². The summed E-state index contributed by atoms with van der Waals surface area (Å²) in [6, 6.07) is 3.28. The van der Waals surface area contributed by atoms with Crippen molar-refractivity contribution in [3.8, 4) is 0 Å². The minimum atomic E-state index is -0.386. The van der Waals surface area contributed by atoms with Gasteiger partial charge in [0.25, 0.3) is 5.69 Å². The zero-order valence-corrected chi connectivity index (χ0v) is 8.99. The van der Waals surface area contributed by atoms with Crippen molar-refractivity contribution in [3.63, 3.8) is 0 Å². The summed E-state index contributed by atoms with van der Waals surface area (Å²) in [6.07, 6.45) is 0.587. The van der Waals surface area contributed by atoms with Gasteiger partial charge in [-0.25, -0.2) is 0 Å². The highest BCUT2D eigenvalue weighted by atomic mass is 16.6. The van der Waals surface area contributed by atoms with Crippen LogP contribution in [0.4, 0.5) is 11.4 Å². The Kier molecular flexibility index (Phi) is 2.43. The molecule has 1 atom stereocenters. The quantitative estimate of drug-likeness (QED) is 0.383. The molecular weight excluding hydrogens is 205 g/mol. The molecule has 1 aromatic carbocycles. The zero-order valence-electron chi connectivity index (χ0n) is 8.99. The fraction of sp³-hybridized carbons (Fsp3) is 0.200. The van der Waals surface area contributed by atoms with E-state index < -0.39 is 0 Å². The molecule has 0 spiro atoms. The molecule has 82 valence electrons. The largest absolute Gasteiger partial charge is 0.352 e. The number of nitrogens with zero attached hydrogens (tertiary/aromatic N) is 1. The van der Waals surface area contributed by atoms with E-state index in [0.29, 0.717) is 17.8 Å². The summed E-state index contributed by atoms with van der Waals surface area (Å²) in [4.78, 5) is 10.5. The molecule has 0 saturated heterocycles. The third kappa shape index (κ3) is 1.67. The second kappa shape index (κ2) is 3.64. The second-order valence-corrected chi connectivity index (χ2v) is 4.04. The Morgan fingerprint density at radius 2 is 2.31 bits per heavy atom. The van der Waals surface area contributed by atoms with Gasteiger partial charge in [-0.15, -0.1) is 0 Å². The molecule has 0 radical (unpaired) electrons. The van der Waals surface area contributed by atoms with Crippen LogP contribution in [0.5, 0.6) is 0 Å². The Morgan fingerprint density at radius 1 is 1.62 bits per heavy atom. The highest BCUT2D eigenvalue weighted by molar-refractivity contribution is 6.32. The van der Waals surface area contributed by atoms with Crippen molar-refractivity contribution in [2.75, 3.05) is 5.32 Å². The van der Waals surface area contributed by atoms with Crippen molar-refractivity contribution in [3.05, 3.63) is 40.1 Å². The number of nitrogens with one attached hydrogen (secondary N) is 1. The smallest absolute Gasteiger partial charge is 0.292 e. The maximum Gasteiger partial charge on any atom is 0.292 e. The highest BCUT2D eigenvalue weighted by Gasteiger charge is 2.25. The number of hydrogen-bond donors (Lipinski definition) is 2. The lowest BCUT2D eigenvalue weighted by molar-refractivity contribution is -0.383. The van der Waals surface area contributed by atoms with Crippen LogP contribution in [0.2, 0.25) is 0 Å². The van der Waals surface area contributed by atoms with Crippen molar-refractivity contribution >= 4 is 24.7 Å². The normalized spacial score (nSPS) is 18.8. The van der Waals surface area contributed by atoms with Crippen LogP contribution in [0.3, 0.4) is 0 Å². The number of benzene rings is 1.